The van der Waals surface area contributed by atoms with Crippen molar-refractivity contribution >= 4 is 17.6 Å². The third-order valence-corrected chi connectivity index (χ3v) is 5.12. The fraction of sp³-hybridized carbons (Fsp3) is 0.292. The lowest BCUT2D eigenvalue weighted by Gasteiger charge is -2.15. The van der Waals surface area contributed by atoms with Gasteiger partial charge >= 0.3 is 5.97 Å². The van der Waals surface area contributed by atoms with Crippen LogP contribution in [0.25, 0.3) is 0 Å². The van der Waals surface area contributed by atoms with Crippen molar-refractivity contribution in [1.82, 2.24) is 5.32 Å². The largest absolute Gasteiger partial charge is 0.493 e. The molecule has 8 nitrogen and oxygen atoms in total. The van der Waals surface area contributed by atoms with Gasteiger partial charge in [-0.25, -0.2) is 4.79 Å². The minimum Gasteiger partial charge on any atom is -0.493 e. The molecule has 1 aliphatic carbocycles. The Hall–Kier alpha value is -3.81. The van der Waals surface area contributed by atoms with E-state index in [4.69, 9.17) is 20.3 Å². The van der Waals surface area contributed by atoms with Crippen LogP contribution >= 0.6 is 0 Å². The van der Waals surface area contributed by atoms with Gasteiger partial charge in [0.05, 0.1) is 12.7 Å². The van der Waals surface area contributed by atoms with Crippen LogP contribution in [0.4, 0.5) is 0 Å². The Balaban J connectivity index is 1.65. The summed E-state index contributed by atoms with van der Waals surface area (Å²) < 4.78 is 11.4. The summed E-state index contributed by atoms with van der Waals surface area (Å²) in [5, 5.41) is 11.8. The zero-order valence-electron chi connectivity index (χ0n) is 18.1. The molecule has 3 rings (SSSR count). The number of carboxylic acids is 1. The van der Waals surface area contributed by atoms with E-state index in [1.165, 1.54) is 19.2 Å². The second kappa shape index (κ2) is 10.5. The summed E-state index contributed by atoms with van der Waals surface area (Å²) in [6, 6.07) is 11.9. The molecule has 0 aliphatic heterocycles. The average Bonchev–Trinajstić information content (AvgIpc) is 3.65. The van der Waals surface area contributed by atoms with Crippen LogP contribution < -0.4 is 20.5 Å². The first-order valence-electron chi connectivity index (χ1n) is 10.3. The molecule has 0 bridgehead atoms. The Bertz CT molecular complexity index is 1040. The third-order valence-electron chi connectivity index (χ3n) is 5.12. The topological polar surface area (TPSA) is 123 Å². The van der Waals surface area contributed by atoms with E-state index in [0.717, 1.165) is 24.0 Å². The van der Waals surface area contributed by atoms with Crippen LogP contribution in [0.3, 0.4) is 0 Å². The molecule has 1 amide bonds. The summed E-state index contributed by atoms with van der Waals surface area (Å²) >= 11 is 0. The molecule has 168 valence electrons. The Morgan fingerprint density at radius 2 is 1.94 bits per heavy atom. The molecule has 2 aromatic rings. The number of amides is 1. The van der Waals surface area contributed by atoms with Gasteiger partial charge in [0, 0.05) is 24.9 Å². The zero-order valence-corrected chi connectivity index (χ0v) is 18.1. The number of benzene rings is 2. The van der Waals surface area contributed by atoms with Crippen LogP contribution in [0.15, 0.2) is 59.2 Å². The average molecular weight is 437 g/mol. The van der Waals surface area contributed by atoms with Crippen LogP contribution in [0.2, 0.25) is 0 Å². The van der Waals surface area contributed by atoms with Gasteiger partial charge in [0.15, 0.2) is 11.5 Å². The highest BCUT2D eigenvalue weighted by molar-refractivity contribution is 6.43. The molecule has 32 heavy (non-hydrogen) atoms. The number of nitrogens with two attached hydrogens (primary N) is 1. The van der Waals surface area contributed by atoms with E-state index in [1.54, 1.807) is 31.3 Å². The summed E-state index contributed by atoms with van der Waals surface area (Å²) in [5.41, 5.74) is 8.75. The number of methoxy groups -OCH3 is 1. The Kier molecular flexibility index (Phi) is 7.49. The minimum absolute atomic E-state index is 0.216. The number of aliphatic imine (C=N–C) groups is 1. The van der Waals surface area contributed by atoms with Crippen molar-refractivity contribution in [2.45, 2.75) is 26.0 Å². The summed E-state index contributed by atoms with van der Waals surface area (Å²) in [6.45, 7) is 0.465. The van der Waals surface area contributed by atoms with E-state index in [0.29, 0.717) is 23.1 Å². The highest BCUT2D eigenvalue weighted by Gasteiger charge is 2.25. The molecule has 0 heterocycles. The molecule has 0 saturated heterocycles. The number of hydrogen-bond donors (Lipinski definition) is 3. The number of carboxylic acid groups (broad SMARTS) is 1. The van der Waals surface area contributed by atoms with Gasteiger partial charge in [0.25, 0.3) is 5.91 Å². The number of para-hydroxylation sites is 1. The first-order chi connectivity index (χ1) is 15.4. The van der Waals surface area contributed by atoms with Crippen LogP contribution in [0, 0.1) is 5.92 Å². The molecule has 1 fully saturated rings. The van der Waals surface area contributed by atoms with E-state index < -0.39 is 5.97 Å². The molecule has 0 radical (unpaired) electrons. The van der Waals surface area contributed by atoms with Crippen molar-refractivity contribution in [2.75, 3.05) is 14.2 Å². The Morgan fingerprint density at radius 3 is 2.53 bits per heavy atom. The van der Waals surface area contributed by atoms with E-state index in [1.807, 2.05) is 12.1 Å². The fourth-order valence-corrected chi connectivity index (χ4v) is 3.14. The molecule has 4 N–H and O–H groups in total. The maximum atomic E-state index is 12.5. The predicted molar refractivity (Wildman–Crippen MR) is 121 cm³/mol. The van der Waals surface area contributed by atoms with Crippen molar-refractivity contribution in [3.8, 4) is 11.5 Å². The van der Waals surface area contributed by atoms with Gasteiger partial charge < -0.3 is 25.6 Å². The summed E-state index contributed by atoms with van der Waals surface area (Å²) in [5.74, 6) is 0.0921. The monoisotopic (exact) mass is 437 g/mol. The van der Waals surface area contributed by atoms with E-state index in [9.17, 15) is 9.59 Å². The molecule has 0 aromatic heterocycles. The van der Waals surface area contributed by atoms with Crippen LogP contribution in [-0.4, -0.2) is 36.9 Å². The summed E-state index contributed by atoms with van der Waals surface area (Å²) in [7, 11) is 3.09. The fourth-order valence-electron chi connectivity index (χ4n) is 3.14. The van der Waals surface area contributed by atoms with Crippen molar-refractivity contribution in [3.05, 3.63) is 70.9 Å². The molecular weight excluding hydrogens is 410 g/mol. The van der Waals surface area contributed by atoms with Gasteiger partial charge in [-0.15, -0.1) is 0 Å². The predicted octanol–water partition coefficient (Wildman–Crippen LogP) is 2.91. The SMILES string of the molecule is CN=C(/C=C(\N)C1CC1)C(=O)NCc1cccc(OCc2ccc(C(=O)O)cc2)c1OC. The maximum Gasteiger partial charge on any atom is 0.335 e. The second-order valence-electron chi connectivity index (χ2n) is 7.45. The lowest BCUT2D eigenvalue weighted by atomic mass is 10.1. The highest BCUT2D eigenvalue weighted by atomic mass is 16.5. The van der Waals surface area contributed by atoms with E-state index in [-0.39, 0.29) is 30.3 Å². The number of ether oxygens (including phenoxy) is 2. The number of hydrogen-bond acceptors (Lipinski definition) is 6. The first-order valence-corrected chi connectivity index (χ1v) is 10.3. The highest BCUT2D eigenvalue weighted by Crippen LogP contribution is 2.34. The molecule has 0 unspecified atom stereocenters. The Morgan fingerprint density at radius 1 is 1.22 bits per heavy atom. The van der Waals surface area contributed by atoms with Gasteiger partial charge in [-0.3, -0.25) is 9.79 Å². The third kappa shape index (κ3) is 5.87. The lowest BCUT2D eigenvalue weighted by Crippen LogP contribution is -2.30. The summed E-state index contributed by atoms with van der Waals surface area (Å²) in [6.07, 6.45) is 3.74. The van der Waals surface area contributed by atoms with E-state index >= 15 is 0 Å². The molecule has 0 spiro atoms. The zero-order chi connectivity index (χ0) is 23.1. The standard InChI is InChI=1S/C24H27N3O5/c1-26-20(12-19(25)16-10-11-16)23(28)27-13-18-4-3-5-21(22(18)31-2)32-14-15-6-8-17(9-7-15)24(29)30/h3-9,12,16H,10-11,13-14,25H2,1-2H3,(H,27,28)(H,29,30)/b19-12-,26-20?. The van der Waals surface area contributed by atoms with Gasteiger partial charge in [-0.05, 0) is 48.6 Å². The minimum atomic E-state index is -0.976. The van der Waals surface area contributed by atoms with Crippen LogP contribution in [0.1, 0.15) is 34.3 Å². The van der Waals surface area contributed by atoms with Crippen molar-refractivity contribution in [2.24, 2.45) is 16.6 Å². The molecular formula is C24H27N3O5. The van der Waals surface area contributed by atoms with Gasteiger partial charge in [-0.1, -0.05) is 24.3 Å². The van der Waals surface area contributed by atoms with Crippen LogP contribution in [0.5, 0.6) is 11.5 Å². The van der Waals surface area contributed by atoms with Crippen molar-refractivity contribution in [3.63, 3.8) is 0 Å². The second-order valence-corrected chi connectivity index (χ2v) is 7.45. The number of carbonyl (C=O) groups is 2. The number of aromatic carboxylic acids is 1. The quantitative estimate of drug-likeness (QED) is 0.491. The molecule has 8 heteroatoms. The maximum absolute atomic E-state index is 12.5. The lowest BCUT2D eigenvalue weighted by molar-refractivity contribution is -0.114. The van der Waals surface area contributed by atoms with Gasteiger partial charge in [-0.2, -0.15) is 0 Å². The van der Waals surface area contributed by atoms with Crippen molar-refractivity contribution < 1.29 is 24.2 Å². The first kappa shape index (κ1) is 22.9. The number of nitrogens with zero attached hydrogens (tertiary/aromatic N) is 1. The van der Waals surface area contributed by atoms with Gasteiger partial charge in [0.1, 0.15) is 12.3 Å². The normalized spacial score (nSPS) is 14.1. The summed E-state index contributed by atoms with van der Waals surface area (Å²) in [4.78, 5) is 27.6. The molecule has 1 saturated carbocycles. The van der Waals surface area contributed by atoms with Crippen LogP contribution in [-0.2, 0) is 17.9 Å². The number of rotatable bonds is 10. The van der Waals surface area contributed by atoms with Crippen molar-refractivity contribution in [1.29, 1.82) is 0 Å². The smallest absolute Gasteiger partial charge is 0.335 e. The number of allylic oxidation sites excluding steroid dienone is 1. The van der Waals surface area contributed by atoms with Gasteiger partial charge in [0.2, 0.25) is 0 Å². The number of nitrogens with one attached hydrogen (secondary N) is 1. The Labute approximate surface area is 186 Å². The molecule has 0 atom stereocenters. The molecule has 2 aromatic carbocycles. The number of carbonyl (C=O) groups excluding carboxylic acids is 1. The van der Waals surface area contributed by atoms with E-state index in [2.05, 4.69) is 10.3 Å². The molecule has 1 aliphatic rings.